The van der Waals surface area contributed by atoms with E-state index in [0.717, 1.165) is 37.2 Å². The summed E-state index contributed by atoms with van der Waals surface area (Å²) in [5.74, 6) is 7.75. The van der Waals surface area contributed by atoms with Gasteiger partial charge < -0.3 is 10.7 Å². The van der Waals surface area contributed by atoms with Gasteiger partial charge in [0.05, 0.1) is 5.75 Å². The molecular formula is C18H25N5OS. The van der Waals surface area contributed by atoms with Gasteiger partial charge in [0, 0.05) is 19.0 Å². The van der Waals surface area contributed by atoms with Crippen molar-refractivity contribution in [3.8, 4) is 0 Å². The first-order valence-electron chi connectivity index (χ1n) is 8.75. The predicted octanol–water partition coefficient (Wildman–Crippen LogP) is 2.71. The number of nitrogen functional groups attached to an aromatic ring is 1. The van der Waals surface area contributed by atoms with Crippen LogP contribution in [0.15, 0.2) is 29.4 Å². The number of carbonyl (C=O) groups excluding carboxylic acids is 1. The summed E-state index contributed by atoms with van der Waals surface area (Å²) in [5.41, 5.74) is 2.37. The van der Waals surface area contributed by atoms with Crippen molar-refractivity contribution in [1.29, 1.82) is 0 Å². The summed E-state index contributed by atoms with van der Waals surface area (Å²) in [6, 6.07) is 8.32. The number of nitrogens with zero attached hydrogens (tertiary/aromatic N) is 4. The van der Waals surface area contributed by atoms with Gasteiger partial charge in [0.2, 0.25) is 11.1 Å². The Balaban J connectivity index is 1.59. The zero-order valence-corrected chi connectivity index (χ0v) is 15.6. The third kappa shape index (κ3) is 4.54. The van der Waals surface area contributed by atoms with Crippen LogP contribution >= 0.6 is 11.8 Å². The molecule has 25 heavy (non-hydrogen) atoms. The van der Waals surface area contributed by atoms with Crippen molar-refractivity contribution in [2.45, 2.75) is 50.7 Å². The Morgan fingerprint density at radius 3 is 2.68 bits per heavy atom. The molecule has 1 aromatic carbocycles. The van der Waals surface area contributed by atoms with E-state index in [-0.39, 0.29) is 5.91 Å². The van der Waals surface area contributed by atoms with Crippen LogP contribution in [0.4, 0.5) is 0 Å². The molecule has 0 spiro atoms. The Kier molecular flexibility index (Phi) is 5.63. The minimum absolute atomic E-state index is 0.100. The molecule has 0 aliphatic heterocycles. The van der Waals surface area contributed by atoms with Crippen molar-refractivity contribution < 1.29 is 4.79 Å². The average Bonchev–Trinajstić information content (AvgIpc) is 3.38. The fourth-order valence-electron chi connectivity index (χ4n) is 2.70. The minimum Gasteiger partial charge on any atom is -0.338 e. The van der Waals surface area contributed by atoms with Crippen LogP contribution in [0.25, 0.3) is 0 Å². The summed E-state index contributed by atoms with van der Waals surface area (Å²) in [7, 11) is 0. The van der Waals surface area contributed by atoms with Crippen molar-refractivity contribution >= 4 is 17.7 Å². The van der Waals surface area contributed by atoms with Crippen LogP contribution < -0.4 is 5.84 Å². The molecule has 0 bridgehead atoms. The van der Waals surface area contributed by atoms with Crippen LogP contribution in [0.1, 0.15) is 49.1 Å². The highest BCUT2D eigenvalue weighted by Gasteiger charge is 2.30. The highest BCUT2D eigenvalue weighted by Crippen LogP contribution is 2.39. The van der Waals surface area contributed by atoms with Gasteiger partial charge in [-0.05, 0) is 31.7 Å². The van der Waals surface area contributed by atoms with Gasteiger partial charge in [-0.3, -0.25) is 4.79 Å². The minimum atomic E-state index is 0.100. The number of hydrogen-bond acceptors (Lipinski definition) is 5. The van der Waals surface area contributed by atoms with Crippen LogP contribution in [0.3, 0.4) is 0 Å². The average molecular weight is 359 g/mol. The van der Waals surface area contributed by atoms with Gasteiger partial charge in [-0.1, -0.05) is 48.5 Å². The second kappa shape index (κ2) is 7.91. The zero-order chi connectivity index (χ0) is 17.8. The number of thioether (sulfide) groups is 1. The third-order valence-corrected chi connectivity index (χ3v) is 5.23. The van der Waals surface area contributed by atoms with Crippen molar-refractivity contribution in [1.82, 2.24) is 19.8 Å². The number of aromatic nitrogens is 3. The Morgan fingerprint density at radius 1 is 1.32 bits per heavy atom. The standard InChI is InChI=1S/C18H25N5OS/c1-3-10-22(11-14-6-4-13(2)5-7-14)16(24)12-25-18-21-20-17(23(18)19)15-8-9-15/h4-7,15H,3,8-12,19H2,1-2H3. The summed E-state index contributed by atoms with van der Waals surface area (Å²) in [6.45, 7) is 5.53. The van der Waals surface area contributed by atoms with Crippen LogP contribution in [-0.2, 0) is 11.3 Å². The first-order chi connectivity index (χ1) is 12.1. The zero-order valence-electron chi connectivity index (χ0n) is 14.8. The van der Waals surface area contributed by atoms with Crippen LogP contribution in [0.5, 0.6) is 0 Å². The molecule has 1 aliphatic rings. The van der Waals surface area contributed by atoms with E-state index in [1.807, 2.05) is 4.90 Å². The number of amides is 1. The smallest absolute Gasteiger partial charge is 0.233 e. The summed E-state index contributed by atoms with van der Waals surface area (Å²) in [4.78, 5) is 14.5. The molecule has 1 aliphatic carbocycles. The van der Waals surface area contributed by atoms with E-state index < -0.39 is 0 Å². The molecule has 3 rings (SSSR count). The molecule has 2 N–H and O–H groups in total. The molecule has 0 saturated heterocycles. The van der Waals surface area contributed by atoms with E-state index in [2.05, 4.69) is 48.3 Å². The van der Waals surface area contributed by atoms with E-state index in [9.17, 15) is 4.79 Å². The fraction of sp³-hybridized carbons (Fsp3) is 0.500. The van der Waals surface area contributed by atoms with Crippen LogP contribution in [0.2, 0.25) is 0 Å². The Bertz CT molecular complexity index is 724. The lowest BCUT2D eigenvalue weighted by Gasteiger charge is -2.22. The van der Waals surface area contributed by atoms with Crippen molar-refractivity contribution in [2.24, 2.45) is 0 Å². The first-order valence-corrected chi connectivity index (χ1v) is 9.73. The third-order valence-electron chi connectivity index (χ3n) is 4.30. The van der Waals surface area contributed by atoms with Gasteiger partial charge in [-0.2, -0.15) is 0 Å². The number of aryl methyl sites for hydroxylation is 1. The maximum Gasteiger partial charge on any atom is 0.233 e. The van der Waals surface area contributed by atoms with Gasteiger partial charge in [-0.15, -0.1) is 10.2 Å². The Hall–Kier alpha value is -2.02. The lowest BCUT2D eigenvalue weighted by Crippen LogP contribution is -2.32. The van der Waals surface area contributed by atoms with Crippen molar-refractivity contribution in [2.75, 3.05) is 18.1 Å². The maximum atomic E-state index is 12.6. The van der Waals surface area contributed by atoms with Gasteiger partial charge in [0.15, 0.2) is 5.82 Å². The molecule has 1 fully saturated rings. The lowest BCUT2D eigenvalue weighted by atomic mass is 10.1. The molecule has 0 atom stereocenters. The van der Waals surface area contributed by atoms with E-state index in [0.29, 0.717) is 23.4 Å². The second-order valence-corrected chi connectivity index (χ2v) is 7.52. The topological polar surface area (TPSA) is 77.0 Å². The summed E-state index contributed by atoms with van der Waals surface area (Å²) >= 11 is 1.36. The molecule has 6 nitrogen and oxygen atoms in total. The van der Waals surface area contributed by atoms with Gasteiger partial charge in [0.25, 0.3) is 0 Å². The van der Waals surface area contributed by atoms with Gasteiger partial charge in [-0.25, -0.2) is 4.68 Å². The molecule has 2 aromatic rings. The largest absolute Gasteiger partial charge is 0.338 e. The van der Waals surface area contributed by atoms with E-state index in [1.165, 1.54) is 17.3 Å². The molecule has 0 radical (unpaired) electrons. The highest BCUT2D eigenvalue weighted by atomic mass is 32.2. The van der Waals surface area contributed by atoms with Crippen molar-refractivity contribution in [3.63, 3.8) is 0 Å². The SMILES string of the molecule is CCCN(Cc1ccc(C)cc1)C(=O)CSc1nnc(C2CC2)n1N. The molecular weight excluding hydrogens is 334 g/mol. The number of nitrogens with two attached hydrogens (primary N) is 1. The molecule has 1 aromatic heterocycles. The lowest BCUT2D eigenvalue weighted by molar-refractivity contribution is -0.129. The quantitative estimate of drug-likeness (QED) is 0.579. The summed E-state index contributed by atoms with van der Waals surface area (Å²) in [6.07, 6.45) is 3.18. The fourth-order valence-corrected chi connectivity index (χ4v) is 3.47. The second-order valence-electron chi connectivity index (χ2n) is 6.57. The van der Waals surface area contributed by atoms with Gasteiger partial charge in [0.1, 0.15) is 0 Å². The van der Waals surface area contributed by atoms with Gasteiger partial charge >= 0.3 is 0 Å². The number of hydrogen-bond donors (Lipinski definition) is 1. The summed E-state index contributed by atoms with van der Waals surface area (Å²) in [5, 5.41) is 8.90. The normalized spacial score (nSPS) is 13.8. The number of carbonyl (C=O) groups is 1. The molecule has 7 heteroatoms. The van der Waals surface area contributed by atoms with E-state index >= 15 is 0 Å². The van der Waals surface area contributed by atoms with Crippen LogP contribution in [-0.4, -0.2) is 38.0 Å². The number of rotatable bonds is 8. The molecule has 0 unspecified atom stereocenters. The molecule has 134 valence electrons. The monoisotopic (exact) mass is 359 g/mol. The molecule has 1 amide bonds. The maximum absolute atomic E-state index is 12.6. The Labute approximate surface area is 152 Å². The van der Waals surface area contributed by atoms with E-state index in [4.69, 9.17) is 5.84 Å². The highest BCUT2D eigenvalue weighted by molar-refractivity contribution is 7.99. The number of benzene rings is 1. The summed E-state index contributed by atoms with van der Waals surface area (Å²) < 4.78 is 1.54. The Morgan fingerprint density at radius 2 is 2.04 bits per heavy atom. The van der Waals surface area contributed by atoms with Crippen molar-refractivity contribution in [3.05, 3.63) is 41.2 Å². The molecule has 1 saturated carbocycles. The van der Waals surface area contributed by atoms with Crippen LogP contribution in [0, 0.1) is 6.92 Å². The predicted molar refractivity (Wildman–Crippen MR) is 99.8 cm³/mol. The first kappa shape index (κ1) is 17.8. The molecule has 1 heterocycles. The van der Waals surface area contributed by atoms with E-state index in [1.54, 1.807) is 4.68 Å².